The van der Waals surface area contributed by atoms with Gasteiger partial charge in [0.1, 0.15) is 12.7 Å². The van der Waals surface area contributed by atoms with Gasteiger partial charge in [-0.25, -0.2) is 4.98 Å². The van der Waals surface area contributed by atoms with Crippen LogP contribution >= 0.6 is 0 Å². The van der Waals surface area contributed by atoms with Gasteiger partial charge >= 0.3 is 11.9 Å². The molecule has 0 aliphatic heterocycles. The molecule has 2 aromatic heterocycles. The van der Waals surface area contributed by atoms with Crippen LogP contribution in [0.3, 0.4) is 0 Å². The Morgan fingerprint density at radius 1 is 1.30 bits per heavy atom. The predicted octanol–water partition coefficient (Wildman–Crippen LogP) is 1.87. The zero-order chi connectivity index (χ0) is 21.8. The average molecular weight is 417 g/mol. The summed E-state index contributed by atoms with van der Waals surface area (Å²) in [5.41, 5.74) is 6.46. The van der Waals surface area contributed by atoms with Crippen LogP contribution in [-0.2, 0) is 19.1 Å². The van der Waals surface area contributed by atoms with Gasteiger partial charge in [0.2, 0.25) is 5.95 Å². The fourth-order valence-corrected chi connectivity index (χ4v) is 3.72. The summed E-state index contributed by atoms with van der Waals surface area (Å²) in [4.78, 5) is 46.9. The molecule has 0 radical (unpaired) electrons. The summed E-state index contributed by atoms with van der Waals surface area (Å²) < 4.78 is 12.8. The zero-order valence-electron chi connectivity index (χ0n) is 17.2. The number of H-pyrrole nitrogens is 1. The van der Waals surface area contributed by atoms with Crippen molar-refractivity contribution in [2.45, 2.75) is 58.1 Å². The van der Waals surface area contributed by atoms with E-state index in [4.69, 9.17) is 15.2 Å². The van der Waals surface area contributed by atoms with Crippen molar-refractivity contribution in [2.75, 3.05) is 12.3 Å². The van der Waals surface area contributed by atoms with E-state index in [1.165, 1.54) is 6.33 Å². The maximum atomic E-state index is 12.1. The lowest BCUT2D eigenvalue weighted by Gasteiger charge is -2.20. The Morgan fingerprint density at radius 3 is 2.70 bits per heavy atom. The van der Waals surface area contributed by atoms with Gasteiger partial charge in [-0.3, -0.25) is 19.4 Å². The van der Waals surface area contributed by atoms with Gasteiger partial charge in [0.25, 0.3) is 5.56 Å². The Bertz CT molecular complexity index is 1010. The lowest BCUT2D eigenvalue weighted by atomic mass is 10.0. The standard InChI is InChI=1S/C20H27N5O5/c1-4-6-15(26)29-9-12-11(3)13(8-14(12)30-16(27)7-5-2)25-10-22-17-18(25)23-20(21)24-19(17)28/h10,12-14H,3-9H2,1-2H3,(H3,21,23,24,28)/t12-,13-,14-/m0/s1. The number of esters is 2. The fraction of sp³-hybridized carbons (Fsp3) is 0.550. The van der Waals surface area contributed by atoms with Gasteiger partial charge in [0.05, 0.1) is 18.3 Å². The minimum atomic E-state index is -0.507. The number of hydrogen-bond donors (Lipinski definition) is 2. The summed E-state index contributed by atoms with van der Waals surface area (Å²) in [5, 5.41) is 0. The number of aromatic nitrogens is 4. The largest absolute Gasteiger partial charge is 0.465 e. The van der Waals surface area contributed by atoms with Crippen molar-refractivity contribution in [3.05, 3.63) is 28.8 Å². The number of anilines is 1. The number of nitrogens with two attached hydrogens (primary N) is 1. The first-order valence-corrected chi connectivity index (χ1v) is 10.1. The molecule has 0 aromatic carbocycles. The van der Waals surface area contributed by atoms with Crippen molar-refractivity contribution < 1.29 is 19.1 Å². The number of carbonyl (C=O) groups excluding carboxylic acids is 2. The van der Waals surface area contributed by atoms with Gasteiger partial charge in [-0.1, -0.05) is 20.4 Å². The van der Waals surface area contributed by atoms with Gasteiger partial charge in [0, 0.05) is 19.3 Å². The molecule has 2 aromatic rings. The lowest BCUT2D eigenvalue weighted by Crippen LogP contribution is -2.27. The first-order chi connectivity index (χ1) is 14.3. The van der Waals surface area contributed by atoms with Crippen molar-refractivity contribution in [3.8, 4) is 0 Å². The summed E-state index contributed by atoms with van der Waals surface area (Å²) >= 11 is 0. The van der Waals surface area contributed by atoms with E-state index in [9.17, 15) is 14.4 Å². The highest BCUT2D eigenvalue weighted by atomic mass is 16.6. The van der Waals surface area contributed by atoms with Crippen LogP contribution < -0.4 is 11.3 Å². The van der Waals surface area contributed by atoms with Crippen molar-refractivity contribution in [3.63, 3.8) is 0 Å². The first kappa shape index (κ1) is 21.5. The fourth-order valence-electron chi connectivity index (χ4n) is 3.72. The number of carbonyl (C=O) groups is 2. The number of nitrogens with one attached hydrogen (secondary N) is 1. The van der Waals surface area contributed by atoms with Gasteiger partial charge in [-0.2, -0.15) is 4.98 Å². The number of aromatic amines is 1. The molecule has 0 unspecified atom stereocenters. The number of hydrogen-bond acceptors (Lipinski definition) is 8. The Balaban J connectivity index is 1.89. The molecular formula is C20H27N5O5. The number of nitrogen functional groups attached to an aromatic ring is 1. The average Bonchev–Trinajstić information content (AvgIpc) is 3.22. The molecule has 1 aliphatic rings. The normalized spacial score (nSPS) is 21.1. The first-order valence-electron chi connectivity index (χ1n) is 10.1. The molecule has 30 heavy (non-hydrogen) atoms. The molecule has 3 rings (SSSR count). The van der Waals surface area contributed by atoms with E-state index < -0.39 is 11.7 Å². The van der Waals surface area contributed by atoms with E-state index in [-0.39, 0.29) is 42.0 Å². The molecular weight excluding hydrogens is 390 g/mol. The minimum absolute atomic E-state index is 0.0196. The van der Waals surface area contributed by atoms with E-state index in [1.54, 1.807) is 4.57 Å². The molecule has 0 saturated heterocycles. The van der Waals surface area contributed by atoms with Crippen LogP contribution in [0.4, 0.5) is 5.95 Å². The van der Waals surface area contributed by atoms with E-state index in [0.717, 1.165) is 0 Å². The van der Waals surface area contributed by atoms with E-state index >= 15 is 0 Å². The Hall–Kier alpha value is -3.17. The van der Waals surface area contributed by atoms with Gasteiger partial charge in [-0.15, -0.1) is 0 Å². The molecule has 0 spiro atoms. The summed E-state index contributed by atoms with van der Waals surface area (Å²) in [7, 11) is 0. The summed E-state index contributed by atoms with van der Waals surface area (Å²) in [6.07, 6.45) is 3.38. The monoisotopic (exact) mass is 417 g/mol. The van der Waals surface area contributed by atoms with Crippen LogP contribution in [0, 0.1) is 5.92 Å². The molecule has 10 nitrogen and oxygen atoms in total. The Kier molecular flexibility index (Phi) is 6.53. The molecule has 0 bridgehead atoms. The third-order valence-corrected chi connectivity index (χ3v) is 5.21. The molecule has 162 valence electrons. The second-order valence-electron chi connectivity index (χ2n) is 7.42. The Labute approximate surface area is 173 Å². The van der Waals surface area contributed by atoms with Crippen LogP contribution in [0.1, 0.15) is 52.0 Å². The minimum Gasteiger partial charge on any atom is -0.465 e. The summed E-state index contributed by atoms with van der Waals surface area (Å²) in [6, 6.07) is -0.335. The SMILES string of the molecule is C=C1[C@H](COC(=O)CCC)[C@@H](OC(=O)CCC)C[C@@H]1n1cnc2c(=O)[nH]c(N)nc21. The highest BCUT2D eigenvalue weighted by Crippen LogP contribution is 2.42. The molecule has 3 N–H and O–H groups in total. The Morgan fingerprint density at radius 2 is 2.00 bits per heavy atom. The van der Waals surface area contributed by atoms with Gasteiger partial charge in [-0.05, 0) is 18.4 Å². The van der Waals surface area contributed by atoms with Crippen molar-refractivity contribution in [1.29, 1.82) is 0 Å². The molecule has 10 heteroatoms. The van der Waals surface area contributed by atoms with Crippen LogP contribution in [-0.4, -0.2) is 44.2 Å². The summed E-state index contributed by atoms with van der Waals surface area (Å²) in [6.45, 7) is 8.04. The second kappa shape index (κ2) is 9.10. The van der Waals surface area contributed by atoms with Crippen LogP contribution in [0.25, 0.3) is 11.2 Å². The van der Waals surface area contributed by atoms with Crippen molar-refractivity contribution in [1.82, 2.24) is 19.5 Å². The lowest BCUT2D eigenvalue weighted by molar-refractivity contribution is -0.153. The number of nitrogens with zero attached hydrogens (tertiary/aromatic N) is 3. The number of rotatable bonds is 8. The maximum Gasteiger partial charge on any atom is 0.306 e. The van der Waals surface area contributed by atoms with Crippen LogP contribution in [0.5, 0.6) is 0 Å². The number of fused-ring (bicyclic) bond motifs is 1. The quantitative estimate of drug-likeness (QED) is 0.490. The third-order valence-electron chi connectivity index (χ3n) is 5.21. The van der Waals surface area contributed by atoms with E-state index in [2.05, 4.69) is 21.5 Å². The van der Waals surface area contributed by atoms with Gasteiger partial charge < -0.3 is 19.8 Å². The van der Waals surface area contributed by atoms with Crippen LogP contribution in [0.2, 0.25) is 0 Å². The summed E-state index contributed by atoms with van der Waals surface area (Å²) in [5.74, 6) is -1.00. The predicted molar refractivity (Wildman–Crippen MR) is 110 cm³/mol. The molecule has 1 aliphatic carbocycles. The van der Waals surface area contributed by atoms with Crippen molar-refractivity contribution >= 4 is 29.1 Å². The van der Waals surface area contributed by atoms with E-state index in [0.29, 0.717) is 43.3 Å². The molecule has 0 amide bonds. The zero-order valence-corrected chi connectivity index (χ0v) is 17.2. The molecule has 1 fully saturated rings. The second-order valence-corrected chi connectivity index (χ2v) is 7.42. The number of ether oxygens (including phenoxy) is 2. The topological polar surface area (TPSA) is 142 Å². The van der Waals surface area contributed by atoms with Gasteiger partial charge in [0.15, 0.2) is 11.2 Å². The van der Waals surface area contributed by atoms with E-state index in [1.807, 2.05) is 13.8 Å². The number of imidazole rings is 1. The van der Waals surface area contributed by atoms with Crippen LogP contribution in [0.15, 0.2) is 23.3 Å². The smallest absolute Gasteiger partial charge is 0.306 e. The molecule has 1 saturated carbocycles. The highest BCUT2D eigenvalue weighted by molar-refractivity contribution is 5.71. The molecule has 2 heterocycles. The molecule has 3 atom stereocenters. The maximum absolute atomic E-state index is 12.1. The highest BCUT2D eigenvalue weighted by Gasteiger charge is 2.42. The van der Waals surface area contributed by atoms with Crippen molar-refractivity contribution in [2.24, 2.45) is 5.92 Å². The third kappa shape index (κ3) is 4.37.